The maximum atomic E-state index is 12.5. The fourth-order valence-corrected chi connectivity index (χ4v) is 3.22. The van der Waals surface area contributed by atoms with E-state index in [9.17, 15) is 19.7 Å². The number of carbonyl (C=O) groups excluding carboxylic acids is 1. The summed E-state index contributed by atoms with van der Waals surface area (Å²) >= 11 is 6.39. The Bertz CT molecular complexity index is 981. The number of aliphatic carboxylic acids is 1. The number of anilines is 1. The van der Waals surface area contributed by atoms with Crippen LogP contribution < -0.4 is 14.4 Å². The van der Waals surface area contributed by atoms with E-state index in [2.05, 4.69) is 6.92 Å². The van der Waals surface area contributed by atoms with Gasteiger partial charge in [0.15, 0.2) is 18.0 Å². The Kier molecular flexibility index (Phi) is 9.27. The van der Waals surface area contributed by atoms with Gasteiger partial charge in [0.1, 0.15) is 5.75 Å². The standard InChI is InChI=1S/C22H25ClN2O7/c1-3-4-5-11-31-17-10-9-16(18(23)12-17)13-24(15(2)26)22-19(25(29)30)7-6-8-20(22)32-14-21(27)28/h6-10,12H,3-5,11,13-14H2,1-2H3,(H,27,28). The smallest absolute Gasteiger partial charge is 0.341 e. The first kappa shape index (κ1) is 24.9. The molecule has 172 valence electrons. The lowest BCUT2D eigenvalue weighted by molar-refractivity contribution is -0.384. The third kappa shape index (κ3) is 6.84. The van der Waals surface area contributed by atoms with Crippen LogP contribution in [0.2, 0.25) is 5.02 Å². The summed E-state index contributed by atoms with van der Waals surface area (Å²) < 4.78 is 10.9. The van der Waals surface area contributed by atoms with E-state index in [1.807, 2.05) is 0 Å². The average Bonchev–Trinajstić information content (AvgIpc) is 2.74. The third-order valence-electron chi connectivity index (χ3n) is 4.55. The topological polar surface area (TPSA) is 119 Å². The van der Waals surface area contributed by atoms with Gasteiger partial charge in [-0.05, 0) is 30.2 Å². The highest BCUT2D eigenvalue weighted by molar-refractivity contribution is 6.31. The number of carboxylic acid groups (broad SMARTS) is 1. The molecule has 2 rings (SSSR count). The van der Waals surface area contributed by atoms with Crippen molar-refractivity contribution in [2.45, 2.75) is 39.7 Å². The van der Waals surface area contributed by atoms with Crippen molar-refractivity contribution in [3.63, 3.8) is 0 Å². The van der Waals surface area contributed by atoms with E-state index in [1.54, 1.807) is 18.2 Å². The van der Waals surface area contributed by atoms with Crippen LogP contribution >= 0.6 is 11.6 Å². The number of rotatable bonds is 12. The number of ether oxygens (including phenoxy) is 2. The fourth-order valence-electron chi connectivity index (χ4n) is 2.99. The molecule has 32 heavy (non-hydrogen) atoms. The van der Waals surface area contributed by atoms with E-state index in [0.29, 0.717) is 22.9 Å². The van der Waals surface area contributed by atoms with E-state index < -0.39 is 29.1 Å². The normalized spacial score (nSPS) is 10.5. The molecule has 0 atom stereocenters. The lowest BCUT2D eigenvalue weighted by Crippen LogP contribution is -2.29. The Hall–Kier alpha value is -3.33. The van der Waals surface area contributed by atoms with Crippen LogP contribution in [0.25, 0.3) is 0 Å². The Balaban J connectivity index is 2.36. The van der Waals surface area contributed by atoms with E-state index in [-0.39, 0.29) is 18.0 Å². The number of nitro benzene ring substituents is 1. The van der Waals surface area contributed by atoms with Gasteiger partial charge in [-0.1, -0.05) is 43.5 Å². The summed E-state index contributed by atoms with van der Waals surface area (Å²) in [6, 6.07) is 8.97. The van der Waals surface area contributed by atoms with Gasteiger partial charge in [0.2, 0.25) is 5.91 Å². The molecule has 0 saturated heterocycles. The number of para-hydroxylation sites is 1. The molecule has 2 aromatic carbocycles. The van der Waals surface area contributed by atoms with Crippen LogP contribution in [-0.2, 0) is 16.1 Å². The zero-order chi connectivity index (χ0) is 23.7. The van der Waals surface area contributed by atoms with Crippen molar-refractivity contribution in [1.82, 2.24) is 0 Å². The SMILES string of the molecule is CCCCCOc1ccc(CN(C(C)=O)c2c(OCC(=O)O)cccc2[N+](=O)[O-])c(Cl)c1. The molecule has 0 radical (unpaired) electrons. The van der Waals surface area contributed by atoms with Crippen LogP contribution in [-0.4, -0.2) is 35.1 Å². The molecule has 9 nitrogen and oxygen atoms in total. The number of nitro groups is 1. The molecule has 10 heteroatoms. The molecule has 0 aromatic heterocycles. The highest BCUT2D eigenvalue weighted by Crippen LogP contribution is 2.39. The van der Waals surface area contributed by atoms with E-state index in [0.717, 1.165) is 24.2 Å². The number of benzene rings is 2. The van der Waals surface area contributed by atoms with Gasteiger partial charge >= 0.3 is 5.97 Å². The van der Waals surface area contributed by atoms with E-state index >= 15 is 0 Å². The number of halogens is 1. The van der Waals surface area contributed by atoms with Crippen LogP contribution in [0, 0.1) is 10.1 Å². The first-order chi connectivity index (χ1) is 15.2. The predicted molar refractivity (Wildman–Crippen MR) is 120 cm³/mol. The van der Waals surface area contributed by atoms with Gasteiger partial charge in [-0.2, -0.15) is 0 Å². The molecular formula is C22H25ClN2O7. The number of amides is 1. The summed E-state index contributed by atoms with van der Waals surface area (Å²) in [6.45, 7) is 3.10. The molecule has 1 N–H and O–H groups in total. The summed E-state index contributed by atoms with van der Waals surface area (Å²) in [5.74, 6) is -1.27. The number of unbranched alkanes of at least 4 members (excludes halogenated alkanes) is 2. The van der Waals surface area contributed by atoms with Crippen molar-refractivity contribution in [3.8, 4) is 11.5 Å². The summed E-state index contributed by atoms with van der Waals surface area (Å²) in [7, 11) is 0. The molecule has 0 bridgehead atoms. The highest BCUT2D eigenvalue weighted by atomic mass is 35.5. The maximum Gasteiger partial charge on any atom is 0.341 e. The highest BCUT2D eigenvalue weighted by Gasteiger charge is 2.28. The van der Waals surface area contributed by atoms with Gasteiger partial charge < -0.3 is 14.6 Å². The van der Waals surface area contributed by atoms with Crippen molar-refractivity contribution >= 4 is 34.9 Å². The Morgan fingerprint density at radius 1 is 1.19 bits per heavy atom. The Labute approximate surface area is 190 Å². The molecule has 1 amide bonds. The van der Waals surface area contributed by atoms with Crippen molar-refractivity contribution in [2.75, 3.05) is 18.1 Å². The molecule has 0 spiro atoms. The van der Waals surface area contributed by atoms with Gasteiger partial charge in [-0.3, -0.25) is 19.8 Å². The molecule has 0 saturated carbocycles. The maximum absolute atomic E-state index is 12.5. The summed E-state index contributed by atoms with van der Waals surface area (Å²) in [6.07, 6.45) is 3.06. The first-order valence-electron chi connectivity index (χ1n) is 10.1. The zero-order valence-electron chi connectivity index (χ0n) is 17.9. The van der Waals surface area contributed by atoms with Gasteiger partial charge in [0.05, 0.1) is 18.1 Å². The molecular weight excluding hydrogens is 440 g/mol. The van der Waals surface area contributed by atoms with Crippen LogP contribution in [0.15, 0.2) is 36.4 Å². The second kappa shape index (κ2) is 11.9. The molecule has 0 unspecified atom stereocenters. The number of hydrogen-bond donors (Lipinski definition) is 1. The third-order valence-corrected chi connectivity index (χ3v) is 4.90. The molecule has 0 aliphatic carbocycles. The van der Waals surface area contributed by atoms with Crippen molar-refractivity contribution in [3.05, 3.63) is 57.1 Å². The molecule has 2 aromatic rings. The minimum absolute atomic E-state index is 0.0848. The fraction of sp³-hybridized carbons (Fsp3) is 0.364. The number of carboxylic acids is 1. The van der Waals surface area contributed by atoms with Crippen LogP contribution in [0.5, 0.6) is 11.5 Å². The quantitative estimate of drug-likeness (QED) is 0.271. The lowest BCUT2D eigenvalue weighted by Gasteiger charge is -2.24. The predicted octanol–water partition coefficient (Wildman–Crippen LogP) is 4.83. The second-order valence-electron chi connectivity index (χ2n) is 6.98. The van der Waals surface area contributed by atoms with Gasteiger partial charge in [0, 0.05) is 18.0 Å². The van der Waals surface area contributed by atoms with Crippen LogP contribution in [0.1, 0.15) is 38.7 Å². The molecule has 0 fully saturated rings. The second-order valence-corrected chi connectivity index (χ2v) is 7.38. The van der Waals surface area contributed by atoms with Gasteiger partial charge in [0.25, 0.3) is 5.69 Å². The molecule has 0 aliphatic rings. The van der Waals surface area contributed by atoms with Crippen LogP contribution in [0.4, 0.5) is 11.4 Å². The zero-order valence-corrected chi connectivity index (χ0v) is 18.6. The van der Waals surface area contributed by atoms with E-state index in [4.69, 9.17) is 26.2 Å². The number of hydrogen-bond acceptors (Lipinski definition) is 6. The minimum atomic E-state index is -1.26. The summed E-state index contributed by atoms with van der Waals surface area (Å²) in [5, 5.41) is 20.8. The summed E-state index contributed by atoms with van der Waals surface area (Å²) in [4.78, 5) is 35.5. The molecule has 0 heterocycles. The van der Waals surface area contributed by atoms with Crippen LogP contribution in [0.3, 0.4) is 0 Å². The molecule has 0 aliphatic heterocycles. The van der Waals surface area contributed by atoms with Crippen molar-refractivity contribution in [2.24, 2.45) is 0 Å². The number of carbonyl (C=O) groups is 2. The lowest BCUT2D eigenvalue weighted by atomic mass is 10.1. The largest absolute Gasteiger partial charge is 0.494 e. The van der Waals surface area contributed by atoms with Gasteiger partial charge in [-0.25, -0.2) is 4.79 Å². The van der Waals surface area contributed by atoms with Gasteiger partial charge in [-0.15, -0.1) is 0 Å². The first-order valence-corrected chi connectivity index (χ1v) is 10.4. The van der Waals surface area contributed by atoms with Crippen molar-refractivity contribution in [1.29, 1.82) is 0 Å². The van der Waals surface area contributed by atoms with E-state index in [1.165, 1.54) is 25.1 Å². The Morgan fingerprint density at radius 2 is 1.94 bits per heavy atom. The minimum Gasteiger partial charge on any atom is -0.494 e. The summed E-state index contributed by atoms with van der Waals surface area (Å²) in [5.41, 5.74) is 0.00223. The monoisotopic (exact) mass is 464 g/mol. The van der Waals surface area contributed by atoms with Crippen molar-refractivity contribution < 1.29 is 29.1 Å². The Morgan fingerprint density at radius 3 is 2.53 bits per heavy atom. The number of nitrogens with zero attached hydrogens (tertiary/aromatic N) is 2. The average molecular weight is 465 g/mol.